The Kier molecular flexibility index (Phi) is 4.54. The lowest BCUT2D eigenvalue weighted by Crippen LogP contribution is -2.26. The molecule has 1 aliphatic rings. The molecule has 4 heteroatoms. The van der Waals surface area contributed by atoms with Gasteiger partial charge in [0.2, 0.25) is 0 Å². The SMILES string of the molecule is CC(CO)CNC(C)c1nc2c(s1)CCCC2. The summed E-state index contributed by atoms with van der Waals surface area (Å²) in [6.45, 7) is 5.30. The second-order valence-electron chi connectivity index (χ2n) is 5.05. The molecule has 0 saturated carbocycles. The molecule has 0 amide bonds. The Balaban J connectivity index is 1.94. The second kappa shape index (κ2) is 5.94. The number of nitrogens with one attached hydrogen (secondary N) is 1. The molecule has 0 radical (unpaired) electrons. The average Bonchev–Trinajstić information content (AvgIpc) is 2.79. The van der Waals surface area contributed by atoms with E-state index in [0.717, 1.165) is 13.0 Å². The second-order valence-corrected chi connectivity index (χ2v) is 6.16. The molecule has 0 bridgehead atoms. The Morgan fingerprint density at radius 3 is 2.82 bits per heavy atom. The normalized spacial score (nSPS) is 18.8. The van der Waals surface area contributed by atoms with E-state index in [0.29, 0.717) is 12.0 Å². The molecule has 2 N–H and O–H groups in total. The van der Waals surface area contributed by atoms with Crippen molar-refractivity contribution in [3.63, 3.8) is 0 Å². The van der Waals surface area contributed by atoms with Crippen LogP contribution in [0, 0.1) is 5.92 Å². The number of aromatic nitrogens is 1. The number of aliphatic hydroxyl groups excluding tert-OH is 1. The summed E-state index contributed by atoms with van der Waals surface area (Å²) in [7, 11) is 0. The lowest BCUT2D eigenvalue weighted by molar-refractivity contribution is 0.231. The van der Waals surface area contributed by atoms with Crippen molar-refractivity contribution in [3.8, 4) is 0 Å². The van der Waals surface area contributed by atoms with Crippen LogP contribution in [0.2, 0.25) is 0 Å². The number of aryl methyl sites for hydroxylation is 2. The van der Waals surface area contributed by atoms with Crippen LogP contribution in [0.4, 0.5) is 0 Å². The third kappa shape index (κ3) is 3.27. The smallest absolute Gasteiger partial charge is 0.110 e. The van der Waals surface area contributed by atoms with Crippen LogP contribution in [-0.2, 0) is 12.8 Å². The van der Waals surface area contributed by atoms with E-state index in [1.165, 1.54) is 34.8 Å². The van der Waals surface area contributed by atoms with Crippen LogP contribution in [0.25, 0.3) is 0 Å². The molecule has 2 rings (SSSR count). The molecule has 2 atom stereocenters. The zero-order valence-corrected chi connectivity index (χ0v) is 11.5. The van der Waals surface area contributed by atoms with Crippen LogP contribution >= 0.6 is 11.3 Å². The number of hydrogen-bond donors (Lipinski definition) is 2. The van der Waals surface area contributed by atoms with Gasteiger partial charge in [-0.1, -0.05) is 6.92 Å². The van der Waals surface area contributed by atoms with Gasteiger partial charge in [0.1, 0.15) is 5.01 Å². The highest BCUT2D eigenvalue weighted by atomic mass is 32.1. The molecule has 1 heterocycles. The highest BCUT2D eigenvalue weighted by molar-refractivity contribution is 7.11. The highest BCUT2D eigenvalue weighted by Crippen LogP contribution is 2.29. The number of nitrogens with zero attached hydrogens (tertiary/aromatic N) is 1. The van der Waals surface area contributed by atoms with Crippen LogP contribution in [0.1, 0.15) is 48.3 Å². The fourth-order valence-corrected chi connectivity index (χ4v) is 3.27. The Morgan fingerprint density at radius 2 is 2.12 bits per heavy atom. The zero-order chi connectivity index (χ0) is 12.3. The van der Waals surface area contributed by atoms with E-state index in [-0.39, 0.29) is 6.61 Å². The van der Waals surface area contributed by atoms with Crippen molar-refractivity contribution in [1.29, 1.82) is 0 Å². The standard InChI is InChI=1S/C13H22N2OS/c1-9(8-16)7-14-10(2)13-15-11-5-3-4-6-12(11)17-13/h9-10,14,16H,3-8H2,1-2H3. The Hall–Kier alpha value is -0.450. The summed E-state index contributed by atoms with van der Waals surface area (Å²) >= 11 is 1.87. The van der Waals surface area contributed by atoms with Crippen LogP contribution in [0.15, 0.2) is 0 Å². The highest BCUT2D eigenvalue weighted by Gasteiger charge is 2.18. The molecule has 0 fully saturated rings. The minimum atomic E-state index is 0.244. The van der Waals surface area contributed by atoms with Gasteiger partial charge in [-0.15, -0.1) is 11.3 Å². The van der Waals surface area contributed by atoms with Crippen molar-refractivity contribution in [2.24, 2.45) is 5.92 Å². The topological polar surface area (TPSA) is 45.1 Å². The molecular formula is C13H22N2OS. The Labute approximate surface area is 107 Å². The number of fused-ring (bicyclic) bond motifs is 1. The van der Waals surface area contributed by atoms with Gasteiger partial charge in [-0.05, 0) is 38.5 Å². The van der Waals surface area contributed by atoms with Crippen molar-refractivity contribution in [3.05, 3.63) is 15.6 Å². The quantitative estimate of drug-likeness (QED) is 0.847. The Bertz CT molecular complexity index is 341. The van der Waals surface area contributed by atoms with E-state index in [9.17, 15) is 0 Å². The van der Waals surface area contributed by atoms with Gasteiger partial charge in [0, 0.05) is 18.0 Å². The summed E-state index contributed by atoms with van der Waals surface area (Å²) in [6, 6.07) is 0.305. The molecule has 96 valence electrons. The van der Waals surface area contributed by atoms with E-state index >= 15 is 0 Å². The predicted octanol–water partition coefficient (Wildman–Crippen LogP) is 2.30. The summed E-state index contributed by atoms with van der Waals surface area (Å²) in [5.41, 5.74) is 1.33. The van der Waals surface area contributed by atoms with Crippen molar-refractivity contribution in [2.75, 3.05) is 13.2 Å². The summed E-state index contributed by atoms with van der Waals surface area (Å²) in [6.07, 6.45) is 4.98. The maximum atomic E-state index is 9.00. The fraction of sp³-hybridized carbons (Fsp3) is 0.769. The zero-order valence-electron chi connectivity index (χ0n) is 10.7. The molecule has 1 aliphatic carbocycles. The van der Waals surface area contributed by atoms with Crippen LogP contribution in [-0.4, -0.2) is 23.2 Å². The molecule has 0 aromatic carbocycles. The Morgan fingerprint density at radius 1 is 1.35 bits per heavy atom. The van der Waals surface area contributed by atoms with Gasteiger partial charge in [0.15, 0.2) is 0 Å². The summed E-state index contributed by atoms with van der Waals surface area (Å²) in [5, 5.41) is 13.7. The van der Waals surface area contributed by atoms with Crippen molar-refractivity contribution >= 4 is 11.3 Å². The van der Waals surface area contributed by atoms with Gasteiger partial charge >= 0.3 is 0 Å². The van der Waals surface area contributed by atoms with E-state index in [4.69, 9.17) is 10.1 Å². The first-order valence-corrected chi connectivity index (χ1v) is 7.35. The molecule has 2 unspecified atom stereocenters. The monoisotopic (exact) mass is 254 g/mol. The van der Waals surface area contributed by atoms with Gasteiger partial charge in [0.05, 0.1) is 11.7 Å². The van der Waals surface area contributed by atoms with Crippen LogP contribution in [0.5, 0.6) is 0 Å². The summed E-state index contributed by atoms with van der Waals surface area (Å²) in [4.78, 5) is 6.24. The molecule has 1 aromatic rings. The van der Waals surface area contributed by atoms with Crippen molar-refractivity contribution in [1.82, 2.24) is 10.3 Å². The van der Waals surface area contributed by atoms with Crippen LogP contribution in [0.3, 0.4) is 0 Å². The summed E-state index contributed by atoms with van der Waals surface area (Å²) < 4.78 is 0. The van der Waals surface area contributed by atoms with Gasteiger partial charge in [-0.25, -0.2) is 4.98 Å². The maximum Gasteiger partial charge on any atom is 0.110 e. The van der Waals surface area contributed by atoms with Gasteiger partial charge in [-0.2, -0.15) is 0 Å². The molecule has 17 heavy (non-hydrogen) atoms. The molecular weight excluding hydrogens is 232 g/mol. The average molecular weight is 254 g/mol. The van der Waals surface area contributed by atoms with Gasteiger partial charge in [-0.3, -0.25) is 0 Å². The molecule has 3 nitrogen and oxygen atoms in total. The lowest BCUT2D eigenvalue weighted by atomic mass is 10.0. The van der Waals surface area contributed by atoms with Crippen molar-refractivity contribution < 1.29 is 5.11 Å². The lowest BCUT2D eigenvalue weighted by Gasteiger charge is -2.14. The molecule has 0 aliphatic heterocycles. The van der Waals surface area contributed by atoms with E-state index in [2.05, 4.69) is 12.2 Å². The number of thiazole rings is 1. The first-order valence-electron chi connectivity index (χ1n) is 6.53. The van der Waals surface area contributed by atoms with E-state index in [1.54, 1.807) is 0 Å². The summed E-state index contributed by atoms with van der Waals surface area (Å²) in [5.74, 6) is 0.312. The molecule has 0 saturated heterocycles. The van der Waals surface area contributed by atoms with Gasteiger partial charge in [0.25, 0.3) is 0 Å². The minimum Gasteiger partial charge on any atom is -0.396 e. The number of aliphatic hydroxyl groups is 1. The van der Waals surface area contributed by atoms with Gasteiger partial charge < -0.3 is 10.4 Å². The fourth-order valence-electron chi connectivity index (χ4n) is 2.09. The molecule has 0 spiro atoms. The van der Waals surface area contributed by atoms with Crippen molar-refractivity contribution in [2.45, 2.75) is 45.6 Å². The molecule has 1 aromatic heterocycles. The first-order chi connectivity index (χ1) is 8.20. The van der Waals surface area contributed by atoms with E-state index in [1.807, 2.05) is 18.3 Å². The number of hydrogen-bond acceptors (Lipinski definition) is 4. The van der Waals surface area contributed by atoms with Crippen LogP contribution < -0.4 is 5.32 Å². The predicted molar refractivity (Wildman–Crippen MR) is 71.4 cm³/mol. The third-order valence-electron chi connectivity index (χ3n) is 3.32. The third-order valence-corrected chi connectivity index (χ3v) is 4.66. The largest absolute Gasteiger partial charge is 0.396 e. The minimum absolute atomic E-state index is 0.244. The maximum absolute atomic E-state index is 9.00. The number of rotatable bonds is 5. The first kappa shape index (κ1) is 13.0. The van der Waals surface area contributed by atoms with E-state index < -0.39 is 0 Å².